The van der Waals surface area contributed by atoms with Crippen molar-refractivity contribution in [2.75, 3.05) is 31.2 Å². The van der Waals surface area contributed by atoms with Crippen LogP contribution in [0.1, 0.15) is 46.1 Å². The van der Waals surface area contributed by atoms with Gasteiger partial charge in [-0.2, -0.15) is 5.10 Å². The number of nitrogens with one attached hydrogen (secondary N) is 1. The zero-order chi connectivity index (χ0) is 18.1. The lowest BCUT2D eigenvalue weighted by Crippen LogP contribution is -2.36. The number of nitrogens with zero attached hydrogens (tertiary/aromatic N) is 3. The molecule has 4 rings (SSSR count). The molecule has 1 aliphatic heterocycles. The summed E-state index contributed by atoms with van der Waals surface area (Å²) in [5, 5.41) is 4.88. The van der Waals surface area contributed by atoms with E-state index in [9.17, 15) is 4.79 Å². The summed E-state index contributed by atoms with van der Waals surface area (Å²) in [5.41, 5.74) is 3.28. The summed E-state index contributed by atoms with van der Waals surface area (Å²) in [5.74, 6) is 2.62. The van der Waals surface area contributed by atoms with Crippen LogP contribution in [0.2, 0.25) is 0 Å². The van der Waals surface area contributed by atoms with Gasteiger partial charge in [0.15, 0.2) is 5.13 Å². The number of anilines is 1. The fourth-order valence-corrected chi connectivity index (χ4v) is 4.05. The minimum atomic E-state index is -0.252. The van der Waals surface area contributed by atoms with Crippen LogP contribution >= 0.6 is 11.3 Å². The van der Waals surface area contributed by atoms with Crippen LogP contribution in [0.5, 0.6) is 0 Å². The van der Waals surface area contributed by atoms with Crippen LogP contribution < -0.4 is 10.3 Å². The molecule has 2 aromatic rings. The third kappa shape index (κ3) is 3.66. The number of aryl methyl sites for hydroxylation is 1. The summed E-state index contributed by atoms with van der Waals surface area (Å²) in [6.45, 7) is 7.03. The van der Waals surface area contributed by atoms with Gasteiger partial charge in [0, 0.05) is 19.0 Å². The second kappa shape index (κ2) is 7.20. The summed E-state index contributed by atoms with van der Waals surface area (Å²) >= 11 is 1.39. The summed E-state index contributed by atoms with van der Waals surface area (Å²) in [6, 6.07) is 3.86. The molecule has 2 atom stereocenters. The van der Waals surface area contributed by atoms with Crippen molar-refractivity contribution in [2.45, 2.75) is 26.2 Å². The van der Waals surface area contributed by atoms with Gasteiger partial charge in [-0.3, -0.25) is 4.79 Å². The summed E-state index contributed by atoms with van der Waals surface area (Å²) in [4.78, 5) is 19.6. The molecule has 1 saturated heterocycles. The Morgan fingerprint density at radius 3 is 2.92 bits per heavy atom. The number of morpholine rings is 1. The summed E-state index contributed by atoms with van der Waals surface area (Å²) in [6.07, 6.45) is 2.71. The molecule has 2 aromatic heterocycles. The van der Waals surface area contributed by atoms with Gasteiger partial charge in [-0.1, -0.05) is 18.3 Å². The molecule has 1 amide bonds. The molecule has 8 heteroatoms. The molecule has 2 aliphatic rings. The van der Waals surface area contributed by atoms with E-state index < -0.39 is 0 Å². The quantitative estimate of drug-likeness (QED) is 0.643. The van der Waals surface area contributed by atoms with Crippen LogP contribution in [0, 0.1) is 12.8 Å². The first-order chi connectivity index (χ1) is 12.6. The smallest absolute Gasteiger partial charge is 0.283 e. The fraction of sp³-hybridized carbons (Fsp3) is 0.500. The maximum Gasteiger partial charge on any atom is 0.283 e. The first-order valence-electron chi connectivity index (χ1n) is 8.85. The number of carbonyl (C=O) groups excluding carboxylic acids is 1. The van der Waals surface area contributed by atoms with Crippen LogP contribution in [0.15, 0.2) is 21.7 Å². The van der Waals surface area contributed by atoms with Crippen molar-refractivity contribution < 1.29 is 13.9 Å². The molecule has 0 radical (unpaired) electrons. The summed E-state index contributed by atoms with van der Waals surface area (Å²) in [7, 11) is 0. The van der Waals surface area contributed by atoms with Crippen molar-refractivity contribution in [3.63, 3.8) is 0 Å². The molecule has 7 nitrogen and oxygen atoms in total. The van der Waals surface area contributed by atoms with E-state index in [1.165, 1.54) is 24.0 Å². The van der Waals surface area contributed by atoms with Gasteiger partial charge in [-0.15, -0.1) is 0 Å². The Kier molecular flexibility index (Phi) is 4.78. The Morgan fingerprint density at radius 1 is 1.42 bits per heavy atom. The lowest BCUT2D eigenvalue weighted by molar-refractivity contribution is 0.0958. The van der Waals surface area contributed by atoms with Gasteiger partial charge >= 0.3 is 0 Å². The van der Waals surface area contributed by atoms with Gasteiger partial charge in [0.05, 0.1) is 25.1 Å². The maximum absolute atomic E-state index is 12.4. The van der Waals surface area contributed by atoms with Crippen LogP contribution in [-0.4, -0.2) is 43.4 Å². The maximum atomic E-state index is 12.4. The topological polar surface area (TPSA) is 80.0 Å². The van der Waals surface area contributed by atoms with Crippen LogP contribution in [0.4, 0.5) is 5.13 Å². The molecule has 1 N–H and O–H groups in total. The second-order valence-electron chi connectivity index (χ2n) is 6.77. The van der Waals surface area contributed by atoms with E-state index in [1.54, 1.807) is 0 Å². The first kappa shape index (κ1) is 17.2. The Labute approximate surface area is 156 Å². The predicted molar refractivity (Wildman–Crippen MR) is 100 cm³/mol. The van der Waals surface area contributed by atoms with E-state index in [0.29, 0.717) is 41.4 Å². The molecular weight excluding hydrogens is 352 g/mol. The van der Waals surface area contributed by atoms with E-state index in [2.05, 4.69) is 27.3 Å². The molecule has 0 aromatic carbocycles. The van der Waals surface area contributed by atoms with Gasteiger partial charge in [0.1, 0.15) is 16.4 Å². The van der Waals surface area contributed by atoms with E-state index in [1.807, 2.05) is 19.1 Å². The van der Waals surface area contributed by atoms with Crippen LogP contribution in [0.3, 0.4) is 0 Å². The lowest BCUT2D eigenvalue weighted by atomic mass is 10.3. The third-order valence-electron chi connectivity index (χ3n) is 4.75. The van der Waals surface area contributed by atoms with Gasteiger partial charge in [-0.25, -0.2) is 10.4 Å². The highest BCUT2D eigenvalue weighted by molar-refractivity contribution is 7.17. The average molecular weight is 374 g/mol. The molecule has 0 bridgehead atoms. The second-order valence-corrected chi connectivity index (χ2v) is 7.75. The van der Waals surface area contributed by atoms with Crippen molar-refractivity contribution in [1.82, 2.24) is 10.4 Å². The third-order valence-corrected chi connectivity index (χ3v) is 5.97. The molecule has 138 valence electrons. The van der Waals surface area contributed by atoms with Crippen LogP contribution in [0.25, 0.3) is 0 Å². The number of rotatable bonds is 5. The normalized spacial score (nSPS) is 22.8. The summed E-state index contributed by atoms with van der Waals surface area (Å²) < 4.78 is 11.1. The standard InChI is InChI=1S/C18H22N4O3S/c1-11-9-14(11)15-4-3-13(25-15)10-19-21-17(23)16-12(2)20-18(26-16)22-5-7-24-8-6-22/h3-4,10-11,14H,5-9H2,1-2H3,(H,21,23)/b19-10-/t11-,14-/m0/s1. The fourth-order valence-electron chi connectivity index (χ4n) is 3.04. The highest BCUT2D eigenvalue weighted by Crippen LogP contribution is 2.47. The number of thiazole rings is 1. The zero-order valence-electron chi connectivity index (χ0n) is 14.9. The van der Waals surface area contributed by atoms with Crippen molar-refractivity contribution in [2.24, 2.45) is 11.0 Å². The van der Waals surface area contributed by atoms with Crippen molar-refractivity contribution in [3.8, 4) is 0 Å². The number of hydrazone groups is 1. The minimum Gasteiger partial charge on any atom is -0.460 e. The minimum absolute atomic E-state index is 0.252. The SMILES string of the molecule is Cc1nc(N2CCOCC2)sc1C(=O)N/N=C\c1ccc([C@H]2C[C@@H]2C)o1. The van der Waals surface area contributed by atoms with Crippen LogP contribution in [-0.2, 0) is 4.74 Å². The van der Waals surface area contributed by atoms with E-state index in [-0.39, 0.29) is 5.91 Å². The van der Waals surface area contributed by atoms with Crippen molar-refractivity contribution in [1.29, 1.82) is 0 Å². The van der Waals surface area contributed by atoms with Crippen molar-refractivity contribution >= 4 is 28.6 Å². The first-order valence-corrected chi connectivity index (χ1v) is 9.66. The molecule has 3 heterocycles. The van der Waals surface area contributed by atoms with Gasteiger partial charge < -0.3 is 14.1 Å². The monoisotopic (exact) mass is 374 g/mol. The highest BCUT2D eigenvalue weighted by Gasteiger charge is 2.36. The molecular formula is C18H22N4O3S. The Balaban J connectivity index is 1.37. The number of amides is 1. The Morgan fingerprint density at radius 2 is 2.19 bits per heavy atom. The Hall–Kier alpha value is -2.19. The van der Waals surface area contributed by atoms with E-state index >= 15 is 0 Å². The zero-order valence-corrected chi connectivity index (χ0v) is 15.7. The molecule has 0 spiro atoms. The highest BCUT2D eigenvalue weighted by atomic mass is 32.1. The molecule has 0 unspecified atom stereocenters. The molecule has 2 fully saturated rings. The number of hydrogen-bond donors (Lipinski definition) is 1. The number of ether oxygens (including phenoxy) is 1. The van der Waals surface area contributed by atoms with Gasteiger partial charge in [0.25, 0.3) is 5.91 Å². The number of aromatic nitrogens is 1. The van der Waals surface area contributed by atoms with E-state index in [0.717, 1.165) is 24.0 Å². The van der Waals surface area contributed by atoms with Gasteiger partial charge in [-0.05, 0) is 31.4 Å². The van der Waals surface area contributed by atoms with Gasteiger partial charge in [0.2, 0.25) is 0 Å². The largest absolute Gasteiger partial charge is 0.460 e. The molecule has 1 aliphatic carbocycles. The number of furan rings is 1. The average Bonchev–Trinajstić information content (AvgIpc) is 3.05. The predicted octanol–water partition coefficient (Wildman–Crippen LogP) is 2.77. The van der Waals surface area contributed by atoms with Crippen molar-refractivity contribution in [3.05, 3.63) is 34.2 Å². The number of hydrogen-bond acceptors (Lipinski definition) is 7. The molecule has 26 heavy (non-hydrogen) atoms. The Bertz CT molecular complexity index is 822. The lowest BCUT2D eigenvalue weighted by Gasteiger charge is -2.25. The van der Waals surface area contributed by atoms with E-state index in [4.69, 9.17) is 9.15 Å². The molecule has 1 saturated carbocycles. The number of carbonyl (C=O) groups is 1.